The second kappa shape index (κ2) is 8.55. The van der Waals surface area contributed by atoms with Gasteiger partial charge in [0.25, 0.3) is 5.91 Å². The molecule has 3 rings (SSSR count). The number of rotatable bonds is 6. The van der Waals surface area contributed by atoms with Gasteiger partial charge in [-0.1, -0.05) is 15.9 Å². The van der Waals surface area contributed by atoms with Crippen molar-refractivity contribution < 1.29 is 19.0 Å². The molecule has 0 aliphatic rings. The number of pyridine rings is 1. The van der Waals surface area contributed by atoms with Gasteiger partial charge in [0.1, 0.15) is 22.9 Å². The minimum Gasteiger partial charge on any atom is -0.497 e. The summed E-state index contributed by atoms with van der Waals surface area (Å²) in [5.74, 6) is 1.72. The van der Waals surface area contributed by atoms with E-state index in [1.807, 2.05) is 0 Å². The van der Waals surface area contributed by atoms with Crippen LogP contribution in [0.3, 0.4) is 0 Å². The number of halogens is 1. The van der Waals surface area contributed by atoms with Crippen molar-refractivity contribution in [3.05, 3.63) is 70.8 Å². The zero-order chi connectivity index (χ0) is 19.2. The minimum absolute atomic E-state index is 0.284. The predicted octanol–water partition coefficient (Wildman–Crippen LogP) is 4.91. The Balaban J connectivity index is 1.82. The topological polar surface area (TPSA) is 69.7 Å². The third kappa shape index (κ3) is 4.57. The number of hydrogen-bond donors (Lipinski definition) is 1. The summed E-state index contributed by atoms with van der Waals surface area (Å²) >= 11 is 3.36. The number of benzene rings is 2. The maximum Gasteiger partial charge on any atom is 0.259 e. The molecule has 0 saturated carbocycles. The largest absolute Gasteiger partial charge is 0.497 e. The van der Waals surface area contributed by atoms with Crippen molar-refractivity contribution in [2.45, 2.75) is 0 Å². The van der Waals surface area contributed by atoms with Crippen LogP contribution >= 0.6 is 15.9 Å². The van der Waals surface area contributed by atoms with Gasteiger partial charge in [0.15, 0.2) is 0 Å². The van der Waals surface area contributed by atoms with Crippen LogP contribution in [-0.2, 0) is 0 Å². The fraction of sp³-hybridized carbons (Fsp3) is 0.100. The van der Waals surface area contributed by atoms with Gasteiger partial charge in [-0.25, -0.2) is 4.98 Å². The van der Waals surface area contributed by atoms with Crippen LogP contribution in [-0.4, -0.2) is 25.1 Å². The van der Waals surface area contributed by atoms with E-state index in [9.17, 15) is 4.79 Å². The highest BCUT2D eigenvalue weighted by Crippen LogP contribution is 2.30. The third-order valence-electron chi connectivity index (χ3n) is 3.70. The van der Waals surface area contributed by atoms with Crippen LogP contribution in [0.4, 0.5) is 5.69 Å². The third-order valence-corrected chi connectivity index (χ3v) is 4.19. The van der Waals surface area contributed by atoms with E-state index in [1.54, 1.807) is 67.9 Å². The second-order valence-corrected chi connectivity index (χ2v) is 6.35. The summed E-state index contributed by atoms with van der Waals surface area (Å²) in [7, 11) is 3.11. The van der Waals surface area contributed by atoms with Crippen LogP contribution in [0.2, 0.25) is 0 Å². The molecule has 27 heavy (non-hydrogen) atoms. The molecule has 138 valence electrons. The number of carbonyl (C=O) groups is 1. The van der Waals surface area contributed by atoms with Crippen LogP contribution in [0, 0.1) is 0 Å². The number of carbonyl (C=O) groups excluding carboxylic acids is 1. The molecule has 1 N–H and O–H groups in total. The monoisotopic (exact) mass is 428 g/mol. The van der Waals surface area contributed by atoms with Crippen molar-refractivity contribution >= 4 is 27.5 Å². The number of nitrogens with zero attached hydrogens (tertiary/aromatic N) is 1. The molecule has 0 radical (unpaired) electrons. The van der Waals surface area contributed by atoms with E-state index in [2.05, 4.69) is 26.2 Å². The highest BCUT2D eigenvalue weighted by Gasteiger charge is 2.16. The van der Waals surface area contributed by atoms with Gasteiger partial charge < -0.3 is 19.5 Å². The highest BCUT2D eigenvalue weighted by molar-refractivity contribution is 9.10. The maximum absolute atomic E-state index is 12.7. The normalized spacial score (nSPS) is 10.2. The van der Waals surface area contributed by atoms with Crippen LogP contribution in [0.15, 0.2) is 65.3 Å². The Morgan fingerprint density at radius 3 is 2.44 bits per heavy atom. The SMILES string of the molecule is COc1ccc(Oc2ncccc2NC(=O)c2ccc(Br)cc2OC)cc1. The second-order valence-electron chi connectivity index (χ2n) is 5.43. The first-order chi connectivity index (χ1) is 13.1. The van der Waals surface area contributed by atoms with E-state index in [1.165, 1.54) is 7.11 Å². The smallest absolute Gasteiger partial charge is 0.259 e. The molecule has 1 heterocycles. The molecule has 0 fully saturated rings. The van der Waals surface area contributed by atoms with E-state index in [-0.39, 0.29) is 11.8 Å². The van der Waals surface area contributed by atoms with Gasteiger partial charge in [-0.3, -0.25) is 4.79 Å². The molecule has 0 bridgehead atoms. The summed E-state index contributed by atoms with van der Waals surface area (Å²) in [4.78, 5) is 16.9. The molecule has 6 nitrogen and oxygen atoms in total. The summed E-state index contributed by atoms with van der Waals surface area (Å²) < 4.78 is 17.0. The molecular weight excluding hydrogens is 412 g/mol. The number of nitrogens with one attached hydrogen (secondary N) is 1. The molecule has 3 aromatic rings. The molecular formula is C20H17BrN2O4. The maximum atomic E-state index is 12.7. The lowest BCUT2D eigenvalue weighted by atomic mass is 10.2. The van der Waals surface area contributed by atoms with Crippen molar-refractivity contribution in [2.24, 2.45) is 0 Å². The Hall–Kier alpha value is -3.06. The Kier molecular flexibility index (Phi) is 5.93. The first-order valence-corrected chi connectivity index (χ1v) is 8.82. The molecule has 0 spiro atoms. The van der Waals surface area contributed by atoms with Crippen molar-refractivity contribution in [3.8, 4) is 23.1 Å². The van der Waals surface area contributed by atoms with Crippen LogP contribution < -0.4 is 19.5 Å². The number of amides is 1. The molecule has 1 amide bonds. The molecule has 2 aromatic carbocycles. The fourth-order valence-electron chi connectivity index (χ4n) is 2.36. The zero-order valence-corrected chi connectivity index (χ0v) is 16.3. The van der Waals surface area contributed by atoms with E-state index in [0.717, 1.165) is 10.2 Å². The summed E-state index contributed by atoms with van der Waals surface area (Å²) in [6, 6.07) is 15.7. The van der Waals surface area contributed by atoms with Gasteiger partial charge in [-0.05, 0) is 54.6 Å². The van der Waals surface area contributed by atoms with Crippen molar-refractivity contribution in [1.82, 2.24) is 4.98 Å². The average molecular weight is 429 g/mol. The van der Waals surface area contributed by atoms with Gasteiger partial charge in [-0.2, -0.15) is 0 Å². The van der Waals surface area contributed by atoms with Crippen LogP contribution in [0.1, 0.15) is 10.4 Å². The highest BCUT2D eigenvalue weighted by atomic mass is 79.9. The van der Waals surface area contributed by atoms with Gasteiger partial charge in [0.2, 0.25) is 5.88 Å². The Morgan fingerprint density at radius 2 is 1.74 bits per heavy atom. The molecule has 0 atom stereocenters. The fourth-order valence-corrected chi connectivity index (χ4v) is 2.71. The summed E-state index contributed by atoms with van der Waals surface area (Å²) in [6.07, 6.45) is 1.59. The lowest BCUT2D eigenvalue weighted by Crippen LogP contribution is -2.14. The molecule has 0 saturated heterocycles. The Bertz CT molecular complexity index is 945. The Morgan fingerprint density at radius 1 is 1.00 bits per heavy atom. The molecule has 0 unspecified atom stereocenters. The lowest BCUT2D eigenvalue weighted by Gasteiger charge is -2.13. The Labute approximate surface area is 165 Å². The minimum atomic E-state index is -0.327. The van der Waals surface area contributed by atoms with Crippen molar-refractivity contribution in [1.29, 1.82) is 0 Å². The van der Waals surface area contributed by atoms with E-state index in [4.69, 9.17) is 14.2 Å². The number of hydrogen-bond acceptors (Lipinski definition) is 5. The van der Waals surface area contributed by atoms with E-state index < -0.39 is 0 Å². The van der Waals surface area contributed by atoms with Crippen LogP contribution in [0.5, 0.6) is 23.1 Å². The molecule has 0 aliphatic carbocycles. The van der Waals surface area contributed by atoms with Gasteiger partial charge in [-0.15, -0.1) is 0 Å². The van der Waals surface area contributed by atoms with Gasteiger partial charge in [0.05, 0.1) is 19.8 Å². The van der Waals surface area contributed by atoms with Crippen molar-refractivity contribution in [3.63, 3.8) is 0 Å². The quantitative estimate of drug-likeness (QED) is 0.603. The first-order valence-electron chi connectivity index (χ1n) is 8.02. The zero-order valence-electron chi connectivity index (χ0n) is 14.7. The summed E-state index contributed by atoms with van der Waals surface area (Å²) in [5, 5.41) is 2.82. The predicted molar refractivity (Wildman–Crippen MR) is 106 cm³/mol. The summed E-state index contributed by atoms with van der Waals surface area (Å²) in [6.45, 7) is 0. The van der Waals surface area contributed by atoms with Crippen LogP contribution in [0.25, 0.3) is 0 Å². The first kappa shape index (κ1) is 18.7. The number of ether oxygens (including phenoxy) is 3. The van der Waals surface area contributed by atoms with Gasteiger partial charge >= 0.3 is 0 Å². The molecule has 0 aliphatic heterocycles. The standard InChI is InChI=1S/C20H17BrN2O4/c1-25-14-6-8-15(9-7-14)27-20-17(4-3-11-22-20)23-19(24)16-10-5-13(21)12-18(16)26-2/h3-12H,1-2H3,(H,23,24). The summed E-state index contributed by atoms with van der Waals surface area (Å²) in [5.41, 5.74) is 0.850. The number of anilines is 1. The van der Waals surface area contributed by atoms with Crippen molar-refractivity contribution in [2.75, 3.05) is 19.5 Å². The van der Waals surface area contributed by atoms with E-state index >= 15 is 0 Å². The average Bonchev–Trinajstić information content (AvgIpc) is 2.69. The van der Waals surface area contributed by atoms with Gasteiger partial charge in [0, 0.05) is 10.7 Å². The molecule has 1 aromatic heterocycles. The number of methoxy groups -OCH3 is 2. The molecule has 7 heteroatoms. The van der Waals surface area contributed by atoms with E-state index in [0.29, 0.717) is 22.7 Å². The number of aromatic nitrogens is 1. The lowest BCUT2D eigenvalue weighted by molar-refractivity contribution is 0.102.